The summed E-state index contributed by atoms with van der Waals surface area (Å²) >= 11 is 5.86. The van der Waals surface area contributed by atoms with Gasteiger partial charge in [-0.1, -0.05) is 28.9 Å². The number of halogens is 1. The van der Waals surface area contributed by atoms with Crippen LogP contribution in [0.4, 0.5) is 0 Å². The molecule has 0 aliphatic rings. The molecule has 0 unspecified atom stereocenters. The molecule has 0 aliphatic carbocycles. The second-order valence-corrected chi connectivity index (χ2v) is 5.14. The van der Waals surface area contributed by atoms with Crippen LogP contribution in [-0.4, -0.2) is 27.3 Å². The Labute approximate surface area is 135 Å². The van der Waals surface area contributed by atoms with E-state index < -0.39 is 11.5 Å². The fraction of sp³-hybridized carbons (Fsp3) is 0.200. The van der Waals surface area contributed by atoms with Crippen molar-refractivity contribution in [3.05, 3.63) is 46.0 Å². The van der Waals surface area contributed by atoms with Crippen LogP contribution in [0.3, 0.4) is 0 Å². The van der Waals surface area contributed by atoms with Gasteiger partial charge in [-0.05, 0) is 19.1 Å². The SMILES string of the molecule is CCOC(=O)Cn1cnc2onc(-c3ccc(Cl)cc3)c2c1=O. The zero-order valence-corrected chi connectivity index (χ0v) is 12.9. The van der Waals surface area contributed by atoms with Crippen LogP contribution in [0.15, 0.2) is 39.9 Å². The van der Waals surface area contributed by atoms with E-state index in [1.807, 2.05) is 0 Å². The number of fused-ring (bicyclic) bond motifs is 1. The van der Waals surface area contributed by atoms with E-state index in [4.69, 9.17) is 20.9 Å². The topological polar surface area (TPSA) is 87.2 Å². The van der Waals surface area contributed by atoms with Gasteiger partial charge in [0.1, 0.15) is 24.0 Å². The molecule has 7 nitrogen and oxygen atoms in total. The summed E-state index contributed by atoms with van der Waals surface area (Å²) in [5, 5.41) is 4.68. The molecule has 8 heteroatoms. The zero-order valence-electron chi connectivity index (χ0n) is 12.2. The van der Waals surface area contributed by atoms with Crippen LogP contribution in [0.2, 0.25) is 5.02 Å². The maximum Gasteiger partial charge on any atom is 0.326 e. The molecule has 3 rings (SSSR count). The molecule has 0 radical (unpaired) electrons. The smallest absolute Gasteiger partial charge is 0.326 e. The van der Waals surface area contributed by atoms with Gasteiger partial charge in [-0.2, -0.15) is 0 Å². The molecule has 0 spiro atoms. The van der Waals surface area contributed by atoms with E-state index in [0.717, 1.165) is 4.57 Å². The van der Waals surface area contributed by atoms with Gasteiger partial charge in [-0.15, -0.1) is 0 Å². The summed E-state index contributed by atoms with van der Waals surface area (Å²) in [7, 11) is 0. The lowest BCUT2D eigenvalue weighted by atomic mass is 10.1. The fourth-order valence-electron chi connectivity index (χ4n) is 2.14. The summed E-state index contributed by atoms with van der Waals surface area (Å²) in [5.74, 6) is -0.514. The first kappa shape index (κ1) is 15.2. The van der Waals surface area contributed by atoms with Crippen molar-refractivity contribution >= 4 is 28.7 Å². The largest absolute Gasteiger partial charge is 0.465 e. The summed E-state index contributed by atoms with van der Waals surface area (Å²) < 4.78 is 11.1. The molecular weight excluding hydrogens is 322 g/mol. The van der Waals surface area contributed by atoms with Gasteiger partial charge in [-0.3, -0.25) is 14.2 Å². The van der Waals surface area contributed by atoms with E-state index in [1.54, 1.807) is 31.2 Å². The van der Waals surface area contributed by atoms with E-state index >= 15 is 0 Å². The Morgan fingerprint density at radius 2 is 2.09 bits per heavy atom. The maximum absolute atomic E-state index is 12.6. The van der Waals surface area contributed by atoms with Crippen LogP contribution >= 0.6 is 11.6 Å². The highest BCUT2D eigenvalue weighted by atomic mass is 35.5. The first-order chi connectivity index (χ1) is 11.1. The van der Waals surface area contributed by atoms with Gasteiger partial charge in [0.05, 0.1) is 6.61 Å². The van der Waals surface area contributed by atoms with Gasteiger partial charge < -0.3 is 9.26 Å². The average molecular weight is 334 g/mol. The summed E-state index contributed by atoms with van der Waals surface area (Å²) in [5.41, 5.74) is 0.711. The van der Waals surface area contributed by atoms with Crippen molar-refractivity contribution in [1.29, 1.82) is 0 Å². The molecule has 0 bridgehead atoms. The first-order valence-electron chi connectivity index (χ1n) is 6.86. The standard InChI is InChI=1S/C15H12ClN3O4/c1-2-22-11(20)7-19-8-17-14-12(15(19)21)13(18-23-14)9-3-5-10(16)6-4-9/h3-6,8H,2,7H2,1H3. The van der Waals surface area contributed by atoms with Crippen molar-refractivity contribution in [2.45, 2.75) is 13.5 Å². The predicted octanol–water partition coefficient (Wildman–Crippen LogP) is 2.27. The molecule has 0 fully saturated rings. The van der Waals surface area contributed by atoms with E-state index in [2.05, 4.69) is 10.1 Å². The number of esters is 1. The summed E-state index contributed by atoms with van der Waals surface area (Å²) in [6.07, 6.45) is 1.23. The molecule has 23 heavy (non-hydrogen) atoms. The summed E-state index contributed by atoms with van der Waals surface area (Å²) in [4.78, 5) is 28.2. The predicted molar refractivity (Wildman–Crippen MR) is 83.1 cm³/mol. The van der Waals surface area contributed by atoms with E-state index in [1.165, 1.54) is 6.33 Å². The highest BCUT2D eigenvalue weighted by Crippen LogP contribution is 2.25. The lowest BCUT2D eigenvalue weighted by Gasteiger charge is -2.04. The number of hydrogen-bond donors (Lipinski definition) is 0. The van der Waals surface area contributed by atoms with Crippen molar-refractivity contribution in [1.82, 2.24) is 14.7 Å². The molecule has 3 aromatic rings. The third-order valence-electron chi connectivity index (χ3n) is 3.19. The Balaban J connectivity index is 2.09. The van der Waals surface area contributed by atoms with Gasteiger partial charge in [0, 0.05) is 10.6 Å². The van der Waals surface area contributed by atoms with Crippen molar-refractivity contribution in [2.75, 3.05) is 6.61 Å². The number of hydrogen-bond acceptors (Lipinski definition) is 6. The molecular formula is C15H12ClN3O4. The van der Waals surface area contributed by atoms with Crippen molar-refractivity contribution in [3.8, 4) is 11.3 Å². The average Bonchev–Trinajstić information content (AvgIpc) is 2.96. The third-order valence-corrected chi connectivity index (χ3v) is 3.44. The van der Waals surface area contributed by atoms with Gasteiger partial charge in [0.15, 0.2) is 0 Å². The molecule has 2 heterocycles. The van der Waals surface area contributed by atoms with Crippen molar-refractivity contribution in [2.24, 2.45) is 0 Å². The number of nitrogens with zero attached hydrogens (tertiary/aromatic N) is 3. The fourth-order valence-corrected chi connectivity index (χ4v) is 2.27. The highest BCUT2D eigenvalue weighted by molar-refractivity contribution is 6.30. The Morgan fingerprint density at radius 1 is 1.35 bits per heavy atom. The summed E-state index contributed by atoms with van der Waals surface area (Å²) in [6.45, 7) is 1.72. The Morgan fingerprint density at radius 3 is 2.78 bits per heavy atom. The molecule has 0 amide bonds. The number of rotatable bonds is 4. The van der Waals surface area contributed by atoms with Crippen LogP contribution < -0.4 is 5.56 Å². The number of carbonyl (C=O) groups is 1. The summed E-state index contributed by atoms with van der Waals surface area (Å²) in [6, 6.07) is 6.82. The molecule has 0 saturated heterocycles. The number of carbonyl (C=O) groups excluding carboxylic acids is 1. The minimum atomic E-state index is -0.514. The highest BCUT2D eigenvalue weighted by Gasteiger charge is 2.18. The number of aromatic nitrogens is 3. The van der Waals surface area contributed by atoms with Gasteiger partial charge >= 0.3 is 5.97 Å². The molecule has 1 aromatic carbocycles. The van der Waals surface area contributed by atoms with Gasteiger partial charge in [0.2, 0.25) is 0 Å². The van der Waals surface area contributed by atoms with E-state index in [-0.39, 0.29) is 24.3 Å². The lowest BCUT2D eigenvalue weighted by Crippen LogP contribution is -2.25. The monoisotopic (exact) mass is 333 g/mol. The molecule has 118 valence electrons. The minimum Gasteiger partial charge on any atom is -0.465 e. The second kappa shape index (κ2) is 6.21. The molecule has 2 aromatic heterocycles. The van der Waals surface area contributed by atoms with Crippen LogP contribution in [0.25, 0.3) is 22.4 Å². The normalized spacial score (nSPS) is 10.9. The molecule has 0 N–H and O–H groups in total. The zero-order chi connectivity index (χ0) is 16.4. The second-order valence-electron chi connectivity index (χ2n) is 4.70. The van der Waals surface area contributed by atoms with Crippen LogP contribution in [0.1, 0.15) is 6.92 Å². The van der Waals surface area contributed by atoms with Crippen molar-refractivity contribution < 1.29 is 14.1 Å². The maximum atomic E-state index is 12.6. The quantitative estimate of drug-likeness (QED) is 0.681. The van der Waals surface area contributed by atoms with E-state index in [9.17, 15) is 9.59 Å². The molecule has 0 saturated carbocycles. The van der Waals surface area contributed by atoms with E-state index in [0.29, 0.717) is 16.3 Å². The van der Waals surface area contributed by atoms with Crippen LogP contribution in [0.5, 0.6) is 0 Å². The van der Waals surface area contributed by atoms with Crippen molar-refractivity contribution in [3.63, 3.8) is 0 Å². The van der Waals surface area contributed by atoms with Gasteiger partial charge in [-0.25, -0.2) is 4.98 Å². The number of benzene rings is 1. The van der Waals surface area contributed by atoms with Gasteiger partial charge in [0.25, 0.3) is 11.3 Å². The van der Waals surface area contributed by atoms with Crippen LogP contribution in [-0.2, 0) is 16.1 Å². The lowest BCUT2D eigenvalue weighted by molar-refractivity contribution is -0.143. The Hall–Kier alpha value is -2.67. The van der Waals surface area contributed by atoms with Crippen LogP contribution in [0, 0.1) is 0 Å². The Bertz CT molecular complexity index is 915. The first-order valence-corrected chi connectivity index (χ1v) is 7.24. The molecule has 0 atom stereocenters. The Kier molecular flexibility index (Phi) is 4.12. The molecule has 0 aliphatic heterocycles. The third kappa shape index (κ3) is 2.95. The minimum absolute atomic E-state index is 0.111. The number of ether oxygens (including phenoxy) is 1.